The Hall–Kier alpha value is -3.84. The lowest BCUT2D eigenvalue weighted by Crippen LogP contribution is -2.29. The number of rotatable bonds is 5. The summed E-state index contributed by atoms with van der Waals surface area (Å²) in [6, 6.07) is 15.5. The van der Waals surface area contributed by atoms with Gasteiger partial charge in [-0.05, 0) is 36.4 Å². The van der Waals surface area contributed by atoms with Gasteiger partial charge in [-0.1, -0.05) is 35.9 Å². The van der Waals surface area contributed by atoms with Crippen LogP contribution in [0, 0.1) is 5.82 Å². The number of carbonyl (C=O) groups is 2. The van der Waals surface area contributed by atoms with Crippen molar-refractivity contribution in [3.8, 4) is 11.5 Å². The van der Waals surface area contributed by atoms with Crippen LogP contribution in [-0.2, 0) is 9.59 Å². The van der Waals surface area contributed by atoms with E-state index >= 15 is 0 Å². The highest BCUT2D eigenvalue weighted by molar-refractivity contribution is 6.51. The molecule has 0 aromatic heterocycles. The maximum Gasteiger partial charge on any atom is 0.300 e. The smallest absolute Gasteiger partial charge is 0.300 e. The highest BCUT2D eigenvalue weighted by Gasteiger charge is 2.48. The molecule has 1 unspecified atom stereocenters. The van der Waals surface area contributed by atoms with Crippen LogP contribution in [0.15, 0.2) is 72.3 Å². The van der Waals surface area contributed by atoms with E-state index in [0.29, 0.717) is 16.5 Å². The van der Waals surface area contributed by atoms with E-state index in [1.165, 1.54) is 50.6 Å². The lowest BCUT2D eigenvalue weighted by atomic mass is 9.94. The average Bonchev–Trinajstić information content (AvgIpc) is 3.09. The largest absolute Gasteiger partial charge is 0.507 e. The molecule has 8 heteroatoms. The fourth-order valence-electron chi connectivity index (χ4n) is 3.81. The molecule has 1 atom stereocenters. The van der Waals surface area contributed by atoms with Crippen LogP contribution >= 0.6 is 11.6 Å². The first-order chi connectivity index (χ1) is 15.9. The van der Waals surface area contributed by atoms with E-state index in [-0.39, 0.29) is 22.4 Å². The average molecular weight is 468 g/mol. The van der Waals surface area contributed by atoms with Gasteiger partial charge in [0, 0.05) is 22.9 Å². The van der Waals surface area contributed by atoms with Crippen molar-refractivity contribution in [2.24, 2.45) is 0 Å². The summed E-state index contributed by atoms with van der Waals surface area (Å²) in [6.07, 6.45) is 0. The Kier molecular flexibility index (Phi) is 6.07. The number of halogens is 2. The van der Waals surface area contributed by atoms with Crippen molar-refractivity contribution in [2.45, 2.75) is 6.04 Å². The van der Waals surface area contributed by atoms with Crippen LogP contribution in [0.2, 0.25) is 5.02 Å². The molecule has 3 aromatic rings. The van der Waals surface area contributed by atoms with E-state index in [9.17, 15) is 19.1 Å². The summed E-state index contributed by atoms with van der Waals surface area (Å²) < 4.78 is 25.4. The van der Waals surface area contributed by atoms with Gasteiger partial charge in [0.1, 0.15) is 23.1 Å². The minimum atomic E-state index is -1.21. The summed E-state index contributed by atoms with van der Waals surface area (Å²) >= 11 is 6.08. The van der Waals surface area contributed by atoms with Gasteiger partial charge < -0.3 is 14.6 Å². The summed E-state index contributed by atoms with van der Waals surface area (Å²) in [7, 11) is 2.88. The Morgan fingerprint density at radius 1 is 1.00 bits per heavy atom. The van der Waals surface area contributed by atoms with E-state index in [0.717, 1.165) is 4.90 Å². The highest BCUT2D eigenvalue weighted by atomic mass is 35.5. The van der Waals surface area contributed by atoms with E-state index in [1.54, 1.807) is 30.3 Å². The molecule has 0 radical (unpaired) electrons. The number of Topliss-reactive ketones (excluding diaryl/α,β-unsaturated/α-hetero) is 1. The number of ketones is 1. The minimum absolute atomic E-state index is 0.0574. The van der Waals surface area contributed by atoms with Gasteiger partial charge in [0.2, 0.25) is 0 Å². The molecule has 1 fully saturated rings. The Morgan fingerprint density at radius 3 is 2.45 bits per heavy atom. The van der Waals surface area contributed by atoms with E-state index in [2.05, 4.69) is 0 Å². The molecular weight excluding hydrogens is 449 g/mol. The predicted octanol–water partition coefficient (Wildman–Crippen LogP) is 5.12. The molecule has 1 aliphatic rings. The SMILES string of the molecule is COc1cccc(N2C(=O)C(=O)/C(=C(/O)c3ccc(Cl)c(OC)c3)C2c2ccccc2F)c1. The molecule has 1 aliphatic heterocycles. The molecule has 1 heterocycles. The highest BCUT2D eigenvalue weighted by Crippen LogP contribution is 2.44. The first-order valence-corrected chi connectivity index (χ1v) is 10.3. The fourth-order valence-corrected chi connectivity index (χ4v) is 4.01. The molecule has 4 rings (SSSR count). The quantitative estimate of drug-likeness (QED) is 0.320. The van der Waals surface area contributed by atoms with Crippen LogP contribution in [0.5, 0.6) is 11.5 Å². The first-order valence-electron chi connectivity index (χ1n) is 9.90. The summed E-state index contributed by atoms with van der Waals surface area (Å²) in [5.41, 5.74) is 0.318. The maximum absolute atomic E-state index is 14.9. The van der Waals surface area contributed by atoms with Gasteiger partial charge in [0.15, 0.2) is 0 Å². The van der Waals surface area contributed by atoms with Crippen LogP contribution in [0.4, 0.5) is 10.1 Å². The predicted molar refractivity (Wildman–Crippen MR) is 122 cm³/mol. The molecule has 6 nitrogen and oxygen atoms in total. The van der Waals surface area contributed by atoms with Crippen molar-refractivity contribution >= 4 is 34.7 Å². The van der Waals surface area contributed by atoms with Crippen LogP contribution in [0.25, 0.3) is 5.76 Å². The molecule has 0 aliphatic carbocycles. The number of hydrogen-bond donors (Lipinski definition) is 1. The zero-order chi connectivity index (χ0) is 23.7. The number of aliphatic hydroxyl groups is 1. The second-order valence-corrected chi connectivity index (χ2v) is 7.65. The van der Waals surface area contributed by atoms with Gasteiger partial charge in [0.05, 0.1) is 30.9 Å². The second kappa shape index (κ2) is 8.96. The monoisotopic (exact) mass is 467 g/mol. The van der Waals surface area contributed by atoms with Crippen molar-refractivity contribution in [1.29, 1.82) is 0 Å². The zero-order valence-electron chi connectivity index (χ0n) is 17.7. The van der Waals surface area contributed by atoms with Crippen LogP contribution in [-0.4, -0.2) is 31.0 Å². The van der Waals surface area contributed by atoms with Crippen molar-refractivity contribution in [3.05, 3.63) is 94.3 Å². The molecule has 168 valence electrons. The Labute approximate surface area is 194 Å². The standard InChI is InChI=1S/C25H19ClFNO5/c1-32-16-7-5-6-15(13-16)28-22(17-8-3-4-9-19(17)27)21(24(30)25(28)31)23(29)14-10-11-18(26)20(12-14)33-2/h3-13,22,29H,1-2H3/b23-21+. The van der Waals surface area contributed by atoms with Gasteiger partial charge in [0.25, 0.3) is 11.7 Å². The van der Waals surface area contributed by atoms with Gasteiger partial charge >= 0.3 is 0 Å². The number of hydrogen-bond acceptors (Lipinski definition) is 5. The normalized spacial score (nSPS) is 17.3. The molecule has 33 heavy (non-hydrogen) atoms. The Bertz CT molecular complexity index is 1290. The van der Waals surface area contributed by atoms with Gasteiger partial charge in [-0.25, -0.2) is 4.39 Å². The topological polar surface area (TPSA) is 76.1 Å². The molecule has 0 spiro atoms. The van der Waals surface area contributed by atoms with Crippen molar-refractivity contribution in [2.75, 3.05) is 19.1 Å². The van der Waals surface area contributed by atoms with Gasteiger partial charge in [-0.3, -0.25) is 14.5 Å². The molecule has 1 N–H and O–H groups in total. The molecule has 0 bridgehead atoms. The van der Waals surface area contributed by atoms with Crippen LogP contribution < -0.4 is 14.4 Å². The number of nitrogens with zero attached hydrogens (tertiary/aromatic N) is 1. The van der Waals surface area contributed by atoms with Crippen molar-refractivity contribution in [1.82, 2.24) is 0 Å². The molecule has 3 aromatic carbocycles. The summed E-state index contributed by atoms with van der Waals surface area (Å²) in [5.74, 6) is -2.23. The fraction of sp³-hybridized carbons (Fsp3) is 0.120. The molecule has 1 saturated heterocycles. The third-order valence-corrected chi connectivity index (χ3v) is 5.71. The number of aliphatic hydroxyl groups excluding tert-OH is 1. The molecule has 1 amide bonds. The summed E-state index contributed by atoms with van der Waals surface area (Å²) in [4.78, 5) is 27.5. The Morgan fingerprint density at radius 2 is 1.76 bits per heavy atom. The van der Waals surface area contributed by atoms with Gasteiger partial charge in [-0.15, -0.1) is 0 Å². The molecular formula is C25H19ClFNO5. The third kappa shape index (κ3) is 3.91. The van der Waals surface area contributed by atoms with Crippen LogP contribution in [0.3, 0.4) is 0 Å². The lowest BCUT2D eigenvalue weighted by molar-refractivity contribution is -0.132. The first kappa shape index (κ1) is 22.4. The second-order valence-electron chi connectivity index (χ2n) is 7.24. The number of carbonyl (C=O) groups excluding carboxylic acids is 2. The lowest BCUT2D eigenvalue weighted by Gasteiger charge is -2.26. The Balaban J connectivity index is 1.97. The number of ether oxygens (including phenoxy) is 2. The van der Waals surface area contributed by atoms with Gasteiger partial charge in [-0.2, -0.15) is 0 Å². The third-order valence-electron chi connectivity index (χ3n) is 5.40. The van der Waals surface area contributed by atoms with Crippen LogP contribution in [0.1, 0.15) is 17.2 Å². The summed E-state index contributed by atoms with van der Waals surface area (Å²) in [6.45, 7) is 0. The molecule has 0 saturated carbocycles. The van der Waals surface area contributed by atoms with Crippen molar-refractivity contribution < 1.29 is 28.6 Å². The van der Waals surface area contributed by atoms with Crippen molar-refractivity contribution in [3.63, 3.8) is 0 Å². The van der Waals surface area contributed by atoms with E-state index in [1.807, 2.05) is 0 Å². The number of benzene rings is 3. The number of anilines is 1. The summed E-state index contributed by atoms with van der Waals surface area (Å²) in [5, 5.41) is 11.4. The zero-order valence-corrected chi connectivity index (χ0v) is 18.5. The van der Waals surface area contributed by atoms with E-state index in [4.69, 9.17) is 21.1 Å². The van der Waals surface area contributed by atoms with E-state index < -0.39 is 29.3 Å². The number of amides is 1. The maximum atomic E-state index is 14.9. The number of methoxy groups -OCH3 is 2. The minimum Gasteiger partial charge on any atom is -0.507 e.